The van der Waals surface area contributed by atoms with E-state index in [1.165, 1.54) is 0 Å². The Morgan fingerprint density at radius 2 is 2.07 bits per heavy atom. The van der Waals surface area contributed by atoms with Crippen LogP contribution in [0.3, 0.4) is 0 Å². The topological polar surface area (TPSA) is 84.4 Å². The zero-order valence-electron chi connectivity index (χ0n) is 17.8. The quantitative estimate of drug-likeness (QED) is 0.372. The SMILES string of the molecule is CCOC(=O)N1CCC(NC(=NC)NCc2cccc(OCCCOC)c2)CC1. The van der Waals surface area contributed by atoms with Crippen LogP contribution in [0.1, 0.15) is 31.7 Å². The number of amides is 1. The summed E-state index contributed by atoms with van der Waals surface area (Å²) >= 11 is 0. The second-order valence-electron chi connectivity index (χ2n) is 6.87. The molecule has 0 unspecified atom stereocenters. The molecule has 1 heterocycles. The third-order valence-corrected chi connectivity index (χ3v) is 4.71. The van der Waals surface area contributed by atoms with E-state index in [2.05, 4.69) is 21.7 Å². The number of benzene rings is 1. The minimum absolute atomic E-state index is 0.224. The minimum Gasteiger partial charge on any atom is -0.493 e. The monoisotopic (exact) mass is 406 g/mol. The number of nitrogens with zero attached hydrogens (tertiary/aromatic N) is 2. The summed E-state index contributed by atoms with van der Waals surface area (Å²) in [5, 5.41) is 6.79. The largest absolute Gasteiger partial charge is 0.493 e. The van der Waals surface area contributed by atoms with Crippen LogP contribution in [0.4, 0.5) is 4.79 Å². The first-order chi connectivity index (χ1) is 14.2. The zero-order chi connectivity index (χ0) is 20.9. The van der Waals surface area contributed by atoms with E-state index in [9.17, 15) is 4.79 Å². The molecule has 1 aliphatic rings. The van der Waals surface area contributed by atoms with Crippen molar-refractivity contribution in [3.63, 3.8) is 0 Å². The van der Waals surface area contributed by atoms with Crippen LogP contribution < -0.4 is 15.4 Å². The van der Waals surface area contributed by atoms with Crippen molar-refractivity contribution in [2.75, 3.05) is 47.1 Å². The summed E-state index contributed by atoms with van der Waals surface area (Å²) in [5.41, 5.74) is 1.12. The van der Waals surface area contributed by atoms with Crippen molar-refractivity contribution in [3.05, 3.63) is 29.8 Å². The molecule has 1 aliphatic heterocycles. The maximum Gasteiger partial charge on any atom is 0.409 e. The smallest absolute Gasteiger partial charge is 0.409 e. The fraction of sp³-hybridized carbons (Fsp3) is 0.619. The number of hydrogen-bond acceptors (Lipinski definition) is 5. The minimum atomic E-state index is -0.224. The first-order valence-electron chi connectivity index (χ1n) is 10.3. The first-order valence-corrected chi connectivity index (χ1v) is 10.3. The maximum atomic E-state index is 11.8. The molecule has 0 aliphatic carbocycles. The molecule has 0 saturated carbocycles. The third-order valence-electron chi connectivity index (χ3n) is 4.71. The van der Waals surface area contributed by atoms with Crippen molar-refractivity contribution in [2.45, 2.75) is 38.8 Å². The van der Waals surface area contributed by atoms with E-state index in [-0.39, 0.29) is 12.1 Å². The van der Waals surface area contributed by atoms with Gasteiger partial charge in [0.2, 0.25) is 0 Å². The number of rotatable bonds is 9. The number of carbonyl (C=O) groups excluding carboxylic acids is 1. The van der Waals surface area contributed by atoms with E-state index in [4.69, 9.17) is 14.2 Å². The average molecular weight is 407 g/mol. The van der Waals surface area contributed by atoms with Crippen molar-refractivity contribution in [1.29, 1.82) is 0 Å². The summed E-state index contributed by atoms with van der Waals surface area (Å²) in [7, 11) is 3.45. The van der Waals surface area contributed by atoms with Crippen LogP contribution >= 0.6 is 0 Å². The second kappa shape index (κ2) is 12.9. The molecule has 0 atom stereocenters. The van der Waals surface area contributed by atoms with Gasteiger partial charge in [0.05, 0.1) is 13.2 Å². The molecule has 0 radical (unpaired) electrons. The van der Waals surface area contributed by atoms with Gasteiger partial charge in [0.25, 0.3) is 0 Å². The number of hydrogen-bond donors (Lipinski definition) is 2. The van der Waals surface area contributed by atoms with E-state index in [1.54, 1.807) is 19.1 Å². The van der Waals surface area contributed by atoms with Crippen LogP contribution in [0.5, 0.6) is 5.75 Å². The van der Waals surface area contributed by atoms with Gasteiger partial charge in [-0.2, -0.15) is 0 Å². The number of aliphatic imine (C=N–C) groups is 1. The van der Waals surface area contributed by atoms with Crippen LogP contribution in [-0.2, 0) is 16.0 Å². The molecule has 1 aromatic carbocycles. The van der Waals surface area contributed by atoms with Crippen molar-refractivity contribution < 1.29 is 19.0 Å². The van der Waals surface area contributed by atoms with Crippen LogP contribution in [0.25, 0.3) is 0 Å². The molecule has 2 rings (SSSR count). The molecule has 162 valence electrons. The molecular formula is C21H34N4O4. The van der Waals surface area contributed by atoms with Crippen LogP contribution in [0.2, 0.25) is 0 Å². The second-order valence-corrected chi connectivity index (χ2v) is 6.87. The van der Waals surface area contributed by atoms with Crippen molar-refractivity contribution in [1.82, 2.24) is 15.5 Å². The van der Waals surface area contributed by atoms with Crippen LogP contribution in [-0.4, -0.2) is 70.1 Å². The molecule has 1 aromatic rings. The Hall–Kier alpha value is -2.48. The van der Waals surface area contributed by atoms with Crippen molar-refractivity contribution in [2.24, 2.45) is 4.99 Å². The zero-order valence-corrected chi connectivity index (χ0v) is 17.8. The molecule has 8 heteroatoms. The van der Waals surface area contributed by atoms with Gasteiger partial charge in [0.15, 0.2) is 5.96 Å². The Morgan fingerprint density at radius 1 is 1.28 bits per heavy atom. The van der Waals surface area contributed by atoms with E-state index in [0.29, 0.717) is 39.5 Å². The predicted molar refractivity (Wildman–Crippen MR) is 113 cm³/mol. The third kappa shape index (κ3) is 8.19. The number of nitrogens with one attached hydrogen (secondary N) is 2. The van der Waals surface area contributed by atoms with Crippen molar-refractivity contribution >= 4 is 12.1 Å². The number of methoxy groups -OCH3 is 1. The first kappa shape index (κ1) is 22.8. The molecular weight excluding hydrogens is 372 g/mol. The number of carbonyl (C=O) groups is 1. The van der Waals surface area contributed by atoms with Crippen LogP contribution in [0.15, 0.2) is 29.3 Å². The summed E-state index contributed by atoms with van der Waals surface area (Å²) < 4.78 is 15.9. The highest BCUT2D eigenvalue weighted by Gasteiger charge is 2.23. The molecule has 8 nitrogen and oxygen atoms in total. The Bertz CT molecular complexity index is 645. The van der Waals surface area contributed by atoms with Gasteiger partial charge in [-0.1, -0.05) is 12.1 Å². The lowest BCUT2D eigenvalue weighted by Crippen LogP contribution is -2.49. The molecule has 1 fully saturated rings. The van der Waals surface area contributed by atoms with Gasteiger partial charge in [-0.25, -0.2) is 4.79 Å². The Labute approximate surface area is 173 Å². The van der Waals surface area contributed by atoms with Crippen LogP contribution in [0, 0.1) is 0 Å². The summed E-state index contributed by atoms with van der Waals surface area (Å²) in [6, 6.07) is 8.32. The molecule has 0 bridgehead atoms. The van der Waals surface area contributed by atoms with Crippen molar-refractivity contribution in [3.8, 4) is 5.75 Å². The van der Waals surface area contributed by atoms with E-state index < -0.39 is 0 Å². The molecule has 1 saturated heterocycles. The highest BCUT2D eigenvalue weighted by atomic mass is 16.6. The molecule has 2 N–H and O–H groups in total. The van der Waals surface area contributed by atoms with Gasteiger partial charge >= 0.3 is 6.09 Å². The van der Waals surface area contributed by atoms with Gasteiger partial charge in [-0.15, -0.1) is 0 Å². The number of piperidine rings is 1. The lowest BCUT2D eigenvalue weighted by atomic mass is 10.1. The standard InChI is InChI=1S/C21H34N4O4/c1-4-28-21(26)25-11-9-18(10-12-25)24-20(22-2)23-16-17-7-5-8-19(15-17)29-14-6-13-27-3/h5,7-8,15,18H,4,6,9-14,16H2,1-3H3,(H2,22,23,24). The fourth-order valence-electron chi connectivity index (χ4n) is 3.13. The highest BCUT2D eigenvalue weighted by Crippen LogP contribution is 2.14. The highest BCUT2D eigenvalue weighted by molar-refractivity contribution is 5.80. The lowest BCUT2D eigenvalue weighted by Gasteiger charge is -2.32. The van der Waals surface area contributed by atoms with E-state index >= 15 is 0 Å². The Kier molecular flexibility index (Phi) is 10.1. The average Bonchev–Trinajstić information content (AvgIpc) is 2.75. The normalized spacial score (nSPS) is 15.1. The van der Waals surface area contributed by atoms with Gasteiger partial charge < -0.3 is 29.7 Å². The Balaban J connectivity index is 1.75. The fourth-order valence-corrected chi connectivity index (χ4v) is 3.13. The summed E-state index contributed by atoms with van der Waals surface area (Å²) in [4.78, 5) is 17.9. The number of likely N-dealkylation sites (tertiary alicyclic amines) is 1. The molecule has 29 heavy (non-hydrogen) atoms. The number of ether oxygens (including phenoxy) is 3. The predicted octanol–water partition coefficient (Wildman–Crippen LogP) is 2.39. The van der Waals surface area contributed by atoms with E-state index in [1.807, 2.05) is 25.1 Å². The number of guanidine groups is 1. The van der Waals surface area contributed by atoms with Gasteiger partial charge in [0.1, 0.15) is 5.75 Å². The van der Waals surface area contributed by atoms with Gasteiger partial charge in [-0.3, -0.25) is 4.99 Å². The molecule has 0 aromatic heterocycles. The lowest BCUT2D eigenvalue weighted by molar-refractivity contribution is 0.0963. The summed E-state index contributed by atoms with van der Waals surface area (Å²) in [5.74, 6) is 1.61. The summed E-state index contributed by atoms with van der Waals surface area (Å²) in [6.45, 7) is 5.60. The summed E-state index contributed by atoms with van der Waals surface area (Å²) in [6.07, 6.45) is 2.37. The Morgan fingerprint density at radius 3 is 2.76 bits per heavy atom. The molecule has 0 spiro atoms. The van der Waals surface area contributed by atoms with Gasteiger partial charge in [-0.05, 0) is 37.5 Å². The van der Waals surface area contributed by atoms with E-state index in [0.717, 1.165) is 36.5 Å². The van der Waals surface area contributed by atoms with Gasteiger partial charge in [0, 0.05) is 52.9 Å². The molecule has 1 amide bonds. The maximum absolute atomic E-state index is 11.8.